The lowest BCUT2D eigenvalue weighted by Crippen LogP contribution is -2.43. The highest BCUT2D eigenvalue weighted by Crippen LogP contribution is 2.40. The predicted octanol–water partition coefficient (Wildman–Crippen LogP) is 3.30. The molecule has 1 unspecified atom stereocenters. The van der Waals surface area contributed by atoms with Crippen LogP contribution in [-0.2, 0) is 0 Å². The molecule has 2 saturated heterocycles. The van der Waals surface area contributed by atoms with E-state index >= 15 is 0 Å². The van der Waals surface area contributed by atoms with Crippen LogP contribution < -0.4 is 20.3 Å². The van der Waals surface area contributed by atoms with Crippen molar-refractivity contribution >= 4 is 26.8 Å². The molecule has 0 bridgehead atoms. The van der Waals surface area contributed by atoms with Gasteiger partial charge in [-0.25, -0.2) is 8.78 Å². The van der Waals surface area contributed by atoms with Crippen molar-refractivity contribution in [3.63, 3.8) is 0 Å². The van der Waals surface area contributed by atoms with Gasteiger partial charge in [-0.1, -0.05) is 0 Å². The maximum atomic E-state index is 15.0. The van der Waals surface area contributed by atoms with E-state index in [2.05, 4.69) is 36.1 Å². The van der Waals surface area contributed by atoms with Crippen LogP contribution in [0.5, 0.6) is 11.8 Å². The minimum absolute atomic E-state index is 0.0603. The fraction of sp³-hybridized carbons (Fsp3) is 0.636. The molecule has 3 fully saturated rings. The monoisotopic (exact) mass is 512 g/mol. The second-order valence-corrected chi connectivity index (χ2v) is 9.97. The largest absolute Gasteiger partial charge is 0.488 e. The van der Waals surface area contributed by atoms with Crippen molar-refractivity contribution in [3.05, 3.63) is 26.7 Å². The molecule has 2 aromatic rings. The Labute approximate surface area is 193 Å². The molecule has 1 saturated carbocycles. The molecule has 174 valence electrons. The van der Waals surface area contributed by atoms with E-state index in [1.807, 2.05) is 7.05 Å². The first-order valence-electron chi connectivity index (χ1n) is 11.2. The number of aromatic amines is 1. The average Bonchev–Trinajstić information content (AvgIpc) is 3.43. The van der Waals surface area contributed by atoms with Crippen molar-refractivity contribution < 1.29 is 18.3 Å². The number of alkyl halides is 1. The SMILES string of the molecule is CN[C@@H]1CCCC1Oc1cc(Br)c(F)c2nc(OC[C@@]34CCCN3C[C@H](F)C4)[nH]c(=O)c12. The normalized spacial score (nSPS) is 30.2. The van der Waals surface area contributed by atoms with E-state index in [9.17, 15) is 13.6 Å². The fourth-order valence-corrected chi connectivity index (χ4v) is 5.97. The molecule has 0 spiro atoms. The Morgan fingerprint density at radius 1 is 1.41 bits per heavy atom. The quantitative estimate of drug-likeness (QED) is 0.618. The lowest BCUT2D eigenvalue weighted by Gasteiger charge is -2.30. The van der Waals surface area contributed by atoms with Gasteiger partial charge in [0.15, 0.2) is 5.82 Å². The summed E-state index contributed by atoms with van der Waals surface area (Å²) in [4.78, 5) is 22.0. The molecule has 3 aliphatic rings. The van der Waals surface area contributed by atoms with Gasteiger partial charge >= 0.3 is 0 Å². The third-order valence-corrected chi connectivity index (χ3v) is 7.74. The molecule has 5 rings (SSSR count). The molecule has 2 N–H and O–H groups in total. The third-order valence-electron chi connectivity index (χ3n) is 7.16. The van der Waals surface area contributed by atoms with Crippen LogP contribution in [0.2, 0.25) is 0 Å². The van der Waals surface area contributed by atoms with Gasteiger partial charge in [0.05, 0.1) is 10.0 Å². The van der Waals surface area contributed by atoms with Gasteiger partial charge in [-0.15, -0.1) is 0 Å². The molecule has 2 aliphatic heterocycles. The highest BCUT2D eigenvalue weighted by Gasteiger charge is 2.49. The zero-order valence-electron chi connectivity index (χ0n) is 17.9. The van der Waals surface area contributed by atoms with Crippen LogP contribution in [0.1, 0.15) is 38.5 Å². The summed E-state index contributed by atoms with van der Waals surface area (Å²) in [6.07, 6.45) is 4.06. The number of hydrogen-bond donors (Lipinski definition) is 2. The fourth-order valence-electron chi connectivity index (χ4n) is 5.58. The molecule has 0 radical (unpaired) electrons. The van der Waals surface area contributed by atoms with Crippen LogP contribution in [0.4, 0.5) is 8.78 Å². The summed E-state index contributed by atoms with van der Waals surface area (Å²) in [6, 6.07) is 1.58. The van der Waals surface area contributed by atoms with Crippen molar-refractivity contribution in [1.82, 2.24) is 20.2 Å². The van der Waals surface area contributed by atoms with Crippen molar-refractivity contribution in [1.29, 1.82) is 0 Å². The van der Waals surface area contributed by atoms with Crippen LogP contribution in [0, 0.1) is 5.82 Å². The van der Waals surface area contributed by atoms with E-state index in [0.29, 0.717) is 13.0 Å². The molecular formula is C22H27BrF2N4O3. The Balaban J connectivity index is 1.45. The molecule has 1 aliphatic carbocycles. The number of aromatic nitrogens is 2. The first kappa shape index (κ1) is 22.0. The third kappa shape index (κ3) is 3.80. The Morgan fingerprint density at radius 2 is 2.25 bits per heavy atom. The Kier molecular flexibility index (Phi) is 5.88. The van der Waals surface area contributed by atoms with Gasteiger partial charge in [0.1, 0.15) is 35.5 Å². The maximum Gasteiger partial charge on any atom is 0.297 e. The molecule has 7 nitrogen and oxygen atoms in total. The second-order valence-electron chi connectivity index (χ2n) is 9.11. The lowest BCUT2D eigenvalue weighted by molar-refractivity contribution is 0.107. The van der Waals surface area contributed by atoms with E-state index in [1.54, 1.807) is 0 Å². The number of halogens is 3. The minimum Gasteiger partial charge on any atom is -0.488 e. The molecule has 32 heavy (non-hydrogen) atoms. The smallest absolute Gasteiger partial charge is 0.297 e. The topological polar surface area (TPSA) is 79.5 Å². The number of rotatable bonds is 6. The highest BCUT2D eigenvalue weighted by molar-refractivity contribution is 9.10. The lowest BCUT2D eigenvalue weighted by atomic mass is 9.95. The van der Waals surface area contributed by atoms with Gasteiger partial charge in [0.2, 0.25) is 0 Å². The van der Waals surface area contributed by atoms with Crippen LogP contribution in [0.25, 0.3) is 10.9 Å². The molecule has 1 aromatic heterocycles. The Morgan fingerprint density at radius 3 is 3.06 bits per heavy atom. The van der Waals surface area contributed by atoms with Gasteiger partial charge in [0.25, 0.3) is 11.6 Å². The number of benzene rings is 1. The maximum absolute atomic E-state index is 15.0. The van der Waals surface area contributed by atoms with Gasteiger partial charge in [0, 0.05) is 19.0 Å². The first-order valence-corrected chi connectivity index (χ1v) is 12.0. The molecule has 3 heterocycles. The van der Waals surface area contributed by atoms with Crippen molar-refractivity contribution in [3.8, 4) is 11.8 Å². The molecule has 1 aromatic carbocycles. The summed E-state index contributed by atoms with van der Waals surface area (Å²) in [6.45, 7) is 1.44. The number of fused-ring (bicyclic) bond motifs is 2. The summed E-state index contributed by atoms with van der Waals surface area (Å²) in [5, 5.41) is 3.29. The summed E-state index contributed by atoms with van der Waals surface area (Å²) in [5.74, 6) is -0.359. The number of likely N-dealkylation sites (N-methyl/N-ethyl adjacent to an activating group) is 1. The summed E-state index contributed by atoms with van der Waals surface area (Å²) < 4.78 is 41.1. The summed E-state index contributed by atoms with van der Waals surface area (Å²) >= 11 is 3.22. The van der Waals surface area contributed by atoms with Crippen LogP contribution in [0.3, 0.4) is 0 Å². The van der Waals surface area contributed by atoms with Crippen molar-refractivity contribution in [2.24, 2.45) is 0 Å². The Hall–Kier alpha value is -1.78. The molecular weight excluding hydrogens is 486 g/mol. The number of ether oxygens (including phenoxy) is 2. The van der Waals surface area contributed by atoms with Gasteiger partial charge in [-0.3, -0.25) is 14.7 Å². The average molecular weight is 513 g/mol. The molecule has 10 heteroatoms. The van der Waals surface area contributed by atoms with Crippen LogP contribution in [0.15, 0.2) is 15.3 Å². The van der Waals surface area contributed by atoms with Gasteiger partial charge in [-0.05, 0) is 67.7 Å². The number of nitrogens with zero attached hydrogens (tertiary/aromatic N) is 2. The summed E-state index contributed by atoms with van der Waals surface area (Å²) in [5.41, 5.74) is -1.02. The second kappa shape index (κ2) is 8.53. The summed E-state index contributed by atoms with van der Waals surface area (Å²) in [7, 11) is 1.88. The minimum atomic E-state index is -0.882. The molecule has 4 atom stereocenters. The Bertz CT molecular complexity index is 1080. The van der Waals surface area contributed by atoms with Crippen LogP contribution in [-0.4, -0.2) is 65.5 Å². The van der Waals surface area contributed by atoms with E-state index in [0.717, 1.165) is 38.6 Å². The van der Waals surface area contributed by atoms with E-state index in [1.165, 1.54) is 6.07 Å². The van der Waals surface area contributed by atoms with E-state index in [-0.39, 0.29) is 51.4 Å². The standard InChI is InChI=1S/C22H27BrF2N4O3/c1-26-14-4-2-5-15(14)32-16-8-13(23)18(25)19-17(16)20(30)28-21(27-19)31-11-22-6-3-7-29(22)10-12(24)9-22/h8,12,14-15,26H,2-7,9-11H2,1H3,(H,27,28,30)/t12-,14-,15?,22+/m1/s1. The van der Waals surface area contributed by atoms with E-state index in [4.69, 9.17) is 9.47 Å². The van der Waals surface area contributed by atoms with Gasteiger partial charge in [-0.2, -0.15) is 4.98 Å². The number of hydrogen-bond acceptors (Lipinski definition) is 6. The highest BCUT2D eigenvalue weighted by atomic mass is 79.9. The number of nitrogens with one attached hydrogen (secondary N) is 2. The van der Waals surface area contributed by atoms with Gasteiger partial charge < -0.3 is 14.8 Å². The van der Waals surface area contributed by atoms with Crippen molar-refractivity contribution in [2.75, 3.05) is 26.7 Å². The van der Waals surface area contributed by atoms with E-state index < -0.39 is 17.5 Å². The zero-order valence-corrected chi connectivity index (χ0v) is 19.5. The first-order chi connectivity index (χ1) is 15.4. The van der Waals surface area contributed by atoms with Crippen LogP contribution >= 0.6 is 15.9 Å². The van der Waals surface area contributed by atoms with Crippen molar-refractivity contribution in [2.45, 2.75) is 62.4 Å². The zero-order chi connectivity index (χ0) is 22.5. The molecule has 0 amide bonds. The number of H-pyrrole nitrogens is 1. The predicted molar refractivity (Wildman–Crippen MR) is 120 cm³/mol.